The van der Waals surface area contributed by atoms with E-state index in [-0.39, 0.29) is 5.95 Å². The third-order valence-corrected chi connectivity index (χ3v) is 7.21. The number of carbonyl (C=O) groups is 1. The number of hydrogen-bond acceptors (Lipinski definition) is 12. The molecule has 0 radical (unpaired) electrons. The van der Waals surface area contributed by atoms with Crippen LogP contribution >= 0.6 is 0 Å². The number of benzene rings is 1. The molecule has 7 N–H and O–H groups in total. The molecular weight excluding hydrogens is 560 g/mol. The van der Waals surface area contributed by atoms with Gasteiger partial charge in [0.2, 0.25) is 5.95 Å². The summed E-state index contributed by atoms with van der Waals surface area (Å²) in [6.45, 7) is 10.1. The topological polar surface area (TPSA) is 214 Å². The summed E-state index contributed by atoms with van der Waals surface area (Å²) in [5, 5.41) is 36.7. The standard InChI is InChI=1S/C20H30N4O2.C8H12N4O5/c1-4-7-8-19-21-17-15-16(10-12-20(25)22-26)9-11-18(17)24(19)14-13-23(5-2)6-3;9-7-10-2-12(8(16)11-7)6-5(15)4(14)3(1-13)17-6/h9-12,15,26H,4-8,13-14H2,1-3H3,(H,22,25);2-6,13-15H,1H2,(H2,9,11,16)/b12-10+;/t;3-,4-,5-,6-/m.1/s1. The largest absolute Gasteiger partial charge is 0.394 e. The average molecular weight is 603 g/mol. The Morgan fingerprint density at radius 1 is 1.19 bits per heavy atom. The number of carbonyl (C=O) groups excluding carboxylic acids is 1. The summed E-state index contributed by atoms with van der Waals surface area (Å²) in [5.41, 5.74) is 9.02. The van der Waals surface area contributed by atoms with E-state index < -0.39 is 42.7 Å². The number of ether oxygens (including phenoxy) is 1. The number of imidazole rings is 1. The molecule has 2 aromatic heterocycles. The molecule has 0 saturated carbocycles. The number of aromatic nitrogens is 5. The van der Waals surface area contributed by atoms with Crippen LogP contribution in [-0.2, 0) is 22.5 Å². The molecule has 3 heterocycles. The second-order valence-corrected chi connectivity index (χ2v) is 10.0. The number of rotatable bonds is 12. The van der Waals surface area contributed by atoms with Crippen LogP contribution in [0, 0.1) is 0 Å². The summed E-state index contributed by atoms with van der Waals surface area (Å²) in [4.78, 5) is 36.9. The molecule has 1 aliphatic heterocycles. The molecule has 1 fully saturated rings. The number of fused-ring (bicyclic) bond motifs is 1. The molecular formula is C28H42N8O7. The van der Waals surface area contributed by atoms with Gasteiger partial charge in [0.25, 0.3) is 5.91 Å². The van der Waals surface area contributed by atoms with Crippen LogP contribution in [0.1, 0.15) is 51.2 Å². The summed E-state index contributed by atoms with van der Waals surface area (Å²) >= 11 is 0. The number of hydroxylamine groups is 1. The molecule has 4 atom stereocenters. The van der Waals surface area contributed by atoms with Crippen LogP contribution in [0.25, 0.3) is 17.1 Å². The van der Waals surface area contributed by atoms with Gasteiger partial charge in [-0.2, -0.15) is 4.98 Å². The van der Waals surface area contributed by atoms with Crippen LogP contribution in [0.15, 0.2) is 35.4 Å². The molecule has 1 aromatic carbocycles. The van der Waals surface area contributed by atoms with Crippen molar-refractivity contribution in [2.45, 2.75) is 71.1 Å². The van der Waals surface area contributed by atoms with Crippen molar-refractivity contribution in [3.63, 3.8) is 0 Å². The minimum atomic E-state index is -1.35. The van der Waals surface area contributed by atoms with Crippen LogP contribution in [0.3, 0.4) is 0 Å². The SMILES string of the molecule is CCCCc1nc2cc(/C=C/C(=O)NO)ccc2n1CCN(CC)CC.Nc1ncn([C@@H]2O[C@H](CO)[C@@H](O)[C@H]2O)c(=O)n1. The number of nitrogens with one attached hydrogen (secondary N) is 1. The van der Waals surface area contributed by atoms with Gasteiger partial charge in [-0.25, -0.2) is 20.2 Å². The van der Waals surface area contributed by atoms with Crippen LogP contribution in [0.4, 0.5) is 5.95 Å². The zero-order valence-corrected chi connectivity index (χ0v) is 24.7. The molecule has 1 aliphatic rings. The number of nitrogens with two attached hydrogens (primary N) is 1. The fourth-order valence-electron chi connectivity index (χ4n) is 4.71. The van der Waals surface area contributed by atoms with Crippen molar-refractivity contribution in [3.8, 4) is 0 Å². The van der Waals surface area contributed by atoms with Crippen LogP contribution in [0.5, 0.6) is 0 Å². The molecule has 0 unspecified atom stereocenters. The quantitative estimate of drug-likeness (QED) is 0.0923. The first-order valence-electron chi connectivity index (χ1n) is 14.3. The highest BCUT2D eigenvalue weighted by atomic mass is 16.6. The fraction of sp³-hybridized carbons (Fsp3) is 0.536. The van der Waals surface area contributed by atoms with Gasteiger partial charge in [0.05, 0.1) is 17.6 Å². The summed E-state index contributed by atoms with van der Waals surface area (Å²) in [6.07, 6.45) is 2.54. The van der Waals surface area contributed by atoms with Gasteiger partial charge >= 0.3 is 5.69 Å². The van der Waals surface area contributed by atoms with Gasteiger partial charge in [-0.1, -0.05) is 33.3 Å². The van der Waals surface area contributed by atoms with Gasteiger partial charge in [-0.3, -0.25) is 14.6 Å². The third kappa shape index (κ3) is 8.65. The van der Waals surface area contributed by atoms with E-state index in [1.807, 2.05) is 12.1 Å². The highest BCUT2D eigenvalue weighted by Gasteiger charge is 2.43. The maximum absolute atomic E-state index is 11.5. The number of hydrogen-bond donors (Lipinski definition) is 6. The average Bonchev–Trinajstić information content (AvgIpc) is 3.50. The molecule has 0 spiro atoms. The van der Waals surface area contributed by atoms with E-state index in [2.05, 4.69) is 46.3 Å². The zero-order chi connectivity index (χ0) is 31.5. The monoisotopic (exact) mass is 602 g/mol. The van der Waals surface area contributed by atoms with Crippen molar-refractivity contribution in [2.75, 3.05) is 32.0 Å². The minimum Gasteiger partial charge on any atom is -0.394 e. The van der Waals surface area contributed by atoms with Gasteiger partial charge in [0.15, 0.2) is 6.23 Å². The van der Waals surface area contributed by atoms with E-state index in [0.29, 0.717) is 0 Å². The molecule has 15 heteroatoms. The molecule has 3 aromatic rings. The molecule has 15 nitrogen and oxygen atoms in total. The molecule has 1 saturated heterocycles. The van der Waals surface area contributed by atoms with E-state index in [0.717, 1.165) is 78.8 Å². The van der Waals surface area contributed by atoms with E-state index in [4.69, 9.17) is 25.8 Å². The number of amides is 1. The Labute approximate surface area is 249 Å². The lowest BCUT2D eigenvalue weighted by Gasteiger charge is -2.19. The minimum absolute atomic E-state index is 0.196. The Morgan fingerprint density at radius 2 is 1.93 bits per heavy atom. The van der Waals surface area contributed by atoms with Crippen molar-refractivity contribution in [1.82, 2.24) is 34.5 Å². The first kappa shape index (κ1) is 33.8. The van der Waals surface area contributed by atoms with Crippen LogP contribution < -0.4 is 16.9 Å². The van der Waals surface area contributed by atoms with Crippen LogP contribution in [-0.4, -0.2) is 100.0 Å². The van der Waals surface area contributed by atoms with E-state index >= 15 is 0 Å². The Morgan fingerprint density at radius 3 is 2.53 bits per heavy atom. The summed E-state index contributed by atoms with van der Waals surface area (Å²) in [7, 11) is 0. The highest BCUT2D eigenvalue weighted by molar-refractivity contribution is 5.91. The number of nitrogens with zero attached hydrogens (tertiary/aromatic N) is 6. The Kier molecular flexibility index (Phi) is 12.7. The third-order valence-electron chi connectivity index (χ3n) is 7.21. The maximum Gasteiger partial charge on any atom is 0.354 e. The number of nitrogen functional groups attached to an aromatic ring is 1. The van der Waals surface area contributed by atoms with Gasteiger partial charge in [0, 0.05) is 25.6 Å². The van der Waals surface area contributed by atoms with E-state index in [9.17, 15) is 19.8 Å². The molecule has 4 rings (SSSR count). The van der Waals surface area contributed by atoms with E-state index in [1.165, 1.54) is 6.08 Å². The summed E-state index contributed by atoms with van der Waals surface area (Å²) in [5.74, 6) is 0.389. The number of aliphatic hydroxyl groups excluding tert-OH is 3. The number of unbranched alkanes of at least 4 members (excludes halogenated alkanes) is 1. The lowest BCUT2D eigenvalue weighted by atomic mass is 10.1. The zero-order valence-electron chi connectivity index (χ0n) is 24.7. The van der Waals surface area contributed by atoms with Gasteiger partial charge in [-0.05, 0) is 43.3 Å². The van der Waals surface area contributed by atoms with E-state index in [1.54, 1.807) is 11.6 Å². The predicted molar refractivity (Wildman–Crippen MR) is 159 cm³/mol. The second-order valence-electron chi connectivity index (χ2n) is 10.0. The summed E-state index contributed by atoms with van der Waals surface area (Å²) < 4.78 is 8.37. The lowest BCUT2D eigenvalue weighted by Crippen LogP contribution is -2.36. The Bertz CT molecular complexity index is 1420. The molecule has 43 heavy (non-hydrogen) atoms. The first-order chi connectivity index (χ1) is 20.7. The number of likely N-dealkylation sites (N-methyl/N-ethyl adjacent to an activating group) is 1. The number of anilines is 1. The first-order valence-corrected chi connectivity index (χ1v) is 14.3. The predicted octanol–water partition coefficient (Wildman–Crippen LogP) is 0.0713. The molecule has 1 amide bonds. The van der Waals surface area contributed by atoms with Crippen molar-refractivity contribution in [2.24, 2.45) is 0 Å². The second kappa shape index (κ2) is 16.2. The van der Waals surface area contributed by atoms with Gasteiger partial charge < -0.3 is 35.3 Å². The normalized spacial score (nSPS) is 20.1. The van der Waals surface area contributed by atoms with Crippen LogP contribution in [0.2, 0.25) is 0 Å². The molecule has 0 aliphatic carbocycles. The highest BCUT2D eigenvalue weighted by Crippen LogP contribution is 2.27. The lowest BCUT2D eigenvalue weighted by molar-refractivity contribution is -0.124. The van der Waals surface area contributed by atoms with Crippen molar-refractivity contribution < 1.29 is 30.1 Å². The van der Waals surface area contributed by atoms with Gasteiger partial charge in [0.1, 0.15) is 30.5 Å². The van der Waals surface area contributed by atoms with Gasteiger partial charge in [-0.15, -0.1) is 0 Å². The van der Waals surface area contributed by atoms with Crippen molar-refractivity contribution in [1.29, 1.82) is 0 Å². The smallest absolute Gasteiger partial charge is 0.354 e. The molecule has 0 bridgehead atoms. The molecule has 236 valence electrons. The fourth-order valence-corrected chi connectivity index (χ4v) is 4.71. The van der Waals surface area contributed by atoms with Crippen molar-refractivity contribution >= 4 is 29.0 Å². The number of aliphatic hydroxyl groups is 3. The summed E-state index contributed by atoms with van der Waals surface area (Å²) in [6, 6.07) is 6.03. The Balaban J connectivity index is 0.000000257. The maximum atomic E-state index is 11.5. The Hall–Kier alpha value is -3.73. The number of aryl methyl sites for hydroxylation is 1. The van der Waals surface area contributed by atoms with Crippen molar-refractivity contribution in [3.05, 3.63) is 52.5 Å².